The zero-order chi connectivity index (χ0) is 11.8. The molecule has 0 aliphatic rings. The van der Waals surface area contributed by atoms with E-state index < -0.39 is 0 Å². The lowest BCUT2D eigenvalue weighted by molar-refractivity contribution is 0.0526. The number of nitrogens with zero attached hydrogens (tertiary/aromatic N) is 1. The van der Waals surface area contributed by atoms with Gasteiger partial charge in [-0.15, -0.1) is 0 Å². The van der Waals surface area contributed by atoms with Gasteiger partial charge in [0.2, 0.25) is 0 Å². The summed E-state index contributed by atoms with van der Waals surface area (Å²) in [5.41, 5.74) is 6.43. The third-order valence-electron chi connectivity index (χ3n) is 1.75. The van der Waals surface area contributed by atoms with Crippen LogP contribution in [0.5, 0.6) is 0 Å². The fourth-order valence-electron chi connectivity index (χ4n) is 1.07. The van der Waals surface area contributed by atoms with Gasteiger partial charge in [0.05, 0.1) is 12.2 Å². The van der Waals surface area contributed by atoms with E-state index in [0.717, 1.165) is 0 Å². The van der Waals surface area contributed by atoms with Crippen LogP contribution in [-0.4, -0.2) is 24.1 Å². The SMILES string of the molecule is CCOC(=O)c1cncc(C#CCCN)c1. The molecule has 1 aromatic rings. The van der Waals surface area contributed by atoms with Gasteiger partial charge in [-0.05, 0) is 13.0 Å². The Bertz CT molecular complexity index is 419. The highest BCUT2D eigenvalue weighted by atomic mass is 16.5. The number of esters is 1. The summed E-state index contributed by atoms with van der Waals surface area (Å²) < 4.78 is 4.86. The van der Waals surface area contributed by atoms with Gasteiger partial charge in [-0.3, -0.25) is 4.98 Å². The number of aromatic nitrogens is 1. The molecule has 16 heavy (non-hydrogen) atoms. The molecule has 0 saturated heterocycles. The molecule has 4 heteroatoms. The van der Waals surface area contributed by atoms with Crippen molar-refractivity contribution in [3.8, 4) is 11.8 Å². The standard InChI is InChI=1S/C12H14N2O2/c1-2-16-12(15)11-7-10(8-14-9-11)5-3-4-6-13/h7-9H,2,4,6,13H2,1H3. The van der Waals surface area contributed by atoms with E-state index in [1.54, 1.807) is 19.2 Å². The number of hydrogen-bond acceptors (Lipinski definition) is 4. The van der Waals surface area contributed by atoms with Crippen LogP contribution in [0.2, 0.25) is 0 Å². The molecule has 0 amide bonds. The molecule has 1 heterocycles. The number of nitrogens with two attached hydrogens (primary N) is 1. The quantitative estimate of drug-likeness (QED) is 0.606. The summed E-state index contributed by atoms with van der Waals surface area (Å²) in [6.07, 6.45) is 3.70. The van der Waals surface area contributed by atoms with E-state index in [4.69, 9.17) is 10.5 Å². The minimum absolute atomic E-state index is 0.349. The van der Waals surface area contributed by atoms with Crippen LogP contribution in [0, 0.1) is 11.8 Å². The molecule has 0 spiro atoms. The van der Waals surface area contributed by atoms with Gasteiger partial charge >= 0.3 is 5.97 Å². The zero-order valence-corrected chi connectivity index (χ0v) is 9.19. The second-order valence-corrected chi connectivity index (χ2v) is 3.02. The lowest BCUT2D eigenvalue weighted by Gasteiger charge is -2.00. The first-order valence-corrected chi connectivity index (χ1v) is 5.09. The van der Waals surface area contributed by atoms with E-state index in [-0.39, 0.29) is 5.97 Å². The van der Waals surface area contributed by atoms with Crippen molar-refractivity contribution >= 4 is 5.97 Å². The normalized spacial score (nSPS) is 9.12. The Labute approximate surface area is 94.8 Å². The molecule has 0 bridgehead atoms. The maximum absolute atomic E-state index is 11.4. The fourth-order valence-corrected chi connectivity index (χ4v) is 1.07. The smallest absolute Gasteiger partial charge is 0.339 e. The Hall–Kier alpha value is -1.86. The van der Waals surface area contributed by atoms with Crippen molar-refractivity contribution in [1.82, 2.24) is 4.98 Å². The van der Waals surface area contributed by atoms with Crippen molar-refractivity contribution in [3.05, 3.63) is 29.6 Å². The van der Waals surface area contributed by atoms with Gasteiger partial charge in [-0.25, -0.2) is 4.79 Å². The van der Waals surface area contributed by atoms with E-state index >= 15 is 0 Å². The van der Waals surface area contributed by atoms with E-state index in [0.29, 0.717) is 30.7 Å². The summed E-state index contributed by atoms with van der Waals surface area (Å²) in [6.45, 7) is 2.64. The predicted molar refractivity (Wildman–Crippen MR) is 60.7 cm³/mol. The Balaban J connectivity index is 2.79. The zero-order valence-electron chi connectivity index (χ0n) is 9.19. The number of hydrogen-bond donors (Lipinski definition) is 1. The third kappa shape index (κ3) is 3.71. The number of carbonyl (C=O) groups excluding carboxylic acids is 1. The first kappa shape index (κ1) is 12.2. The molecular formula is C12H14N2O2. The highest BCUT2D eigenvalue weighted by Crippen LogP contribution is 2.03. The van der Waals surface area contributed by atoms with Crippen LogP contribution in [0.25, 0.3) is 0 Å². The monoisotopic (exact) mass is 218 g/mol. The molecule has 0 saturated carbocycles. The first-order chi connectivity index (χ1) is 7.77. The van der Waals surface area contributed by atoms with Gasteiger partial charge in [0.15, 0.2) is 0 Å². The minimum Gasteiger partial charge on any atom is -0.462 e. The summed E-state index contributed by atoms with van der Waals surface area (Å²) >= 11 is 0. The van der Waals surface area contributed by atoms with Gasteiger partial charge in [0.1, 0.15) is 0 Å². The maximum atomic E-state index is 11.4. The van der Waals surface area contributed by atoms with E-state index in [1.165, 1.54) is 6.20 Å². The van der Waals surface area contributed by atoms with Crippen LogP contribution < -0.4 is 5.73 Å². The predicted octanol–water partition coefficient (Wildman–Crippen LogP) is 0.959. The summed E-state index contributed by atoms with van der Waals surface area (Å²) in [5, 5.41) is 0. The van der Waals surface area contributed by atoms with Crippen molar-refractivity contribution in [2.24, 2.45) is 5.73 Å². The molecule has 0 radical (unpaired) electrons. The topological polar surface area (TPSA) is 65.2 Å². The molecule has 84 valence electrons. The van der Waals surface area contributed by atoms with Crippen LogP contribution in [0.4, 0.5) is 0 Å². The molecule has 1 aromatic heterocycles. The van der Waals surface area contributed by atoms with Crippen LogP contribution in [-0.2, 0) is 4.74 Å². The second kappa shape index (κ2) is 6.59. The molecule has 0 aliphatic heterocycles. The summed E-state index contributed by atoms with van der Waals surface area (Å²) in [6, 6.07) is 1.66. The van der Waals surface area contributed by atoms with Gasteiger partial charge in [-0.2, -0.15) is 0 Å². The van der Waals surface area contributed by atoms with Crippen molar-refractivity contribution in [2.75, 3.05) is 13.2 Å². The van der Waals surface area contributed by atoms with Crippen LogP contribution in [0.3, 0.4) is 0 Å². The second-order valence-electron chi connectivity index (χ2n) is 3.02. The van der Waals surface area contributed by atoms with Gasteiger partial charge in [-0.1, -0.05) is 11.8 Å². The molecule has 1 rings (SSSR count). The van der Waals surface area contributed by atoms with Crippen LogP contribution in [0.15, 0.2) is 18.5 Å². The van der Waals surface area contributed by atoms with Crippen LogP contribution in [0.1, 0.15) is 29.3 Å². The van der Waals surface area contributed by atoms with Crippen molar-refractivity contribution in [1.29, 1.82) is 0 Å². The molecular weight excluding hydrogens is 204 g/mol. The molecule has 0 unspecified atom stereocenters. The maximum Gasteiger partial charge on any atom is 0.339 e. The van der Waals surface area contributed by atoms with Crippen molar-refractivity contribution < 1.29 is 9.53 Å². The number of ether oxygens (including phenoxy) is 1. The van der Waals surface area contributed by atoms with E-state index in [1.807, 2.05) is 0 Å². The number of carbonyl (C=O) groups is 1. The molecule has 4 nitrogen and oxygen atoms in total. The Morgan fingerprint density at radius 1 is 1.56 bits per heavy atom. The molecule has 0 fully saturated rings. The van der Waals surface area contributed by atoms with Gasteiger partial charge in [0, 0.05) is 30.9 Å². The van der Waals surface area contributed by atoms with Crippen molar-refractivity contribution in [3.63, 3.8) is 0 Å². The summed E-state index contributed by atoms with van der Waals surface area (Å²) in [5.74, 6) is 5.39. The lowest BCUT2D eigenvalue weighted by atomic mass is 10.2. The van der Waals surface area contributed by atoms with Gasteiger partial charge in [0.25, 0.3) is 0 Å². The number of pyridine rings is 1. The average Bonchev–Trinajstić information content (AvgIpc) is 2.30. The highest BCUT2D eigenvalue weighted by molar-refractivity contribution is 5.89. The Morgan fingerprint density at radius 3 is 3.06 bits per heavy atom. The molecule has 0 aromatic carbocycles. The Morgan fingerprint density at radius 2 is 2.38 bits per heavy atom. The molecule has 0 atom stereocenters. The summed E-state index contributed by atoms with van der Waals surface area (Å²) in [7, 11) is 0. The highest BCUT2D eigenvalue weighted by Gasteiger charge is 2.06. The molecule has 0 aliphatic carbocycles. The summed E-state index contributed by atoms with van der Waals surface area (Å²) in [4.78, 5) is 15.3. The minimum atomic E-state index is -0.377. The fraction of sp³-hybridized carbons (Fsp3) is 0.333. The Kier molecular flexibility index (Phi) is 5.03. The lowest BCUT2D eigenvalue weighted by Crippen LogP contribution is -2.05. The third-order valence-corrected chi connectivity index (χ3v) is 1.75. The van der Waals surface area contributed by atoms with E-state index in [2.05, 4.69) is 16.8 Å². The van der Waals surface area contributed by atoms with Gasteiger partial charge < -0.3 is 10.5 Å². The van der Waals surface area contributed by atoms with E-state index in [9.17, 15) is 4.79 Å². The number of rotatable bonds is 3. The molecule has 2 N–H and O–H groups in total. The largest absolute Gasteiger partial charge is 0.462 e. The van der Waals surface area contributed by atoms with Crippen molar-refractivity contribution in [2.45, 2.75) is 13.3 Å². The van der Waals surface area contributed by atoms with Crippen LogP contribution >= 0.6 is 0 Å². The first-order valence-electron chi connectivity index (χ1n) is 5.09. The average molecular weight is 218 g/mol.